The molecule has 0 saturated carbocycles. The topological polar surface area (TPSA) is 3.24 Å². The van der Waals surface area contributed by atoms with Crippen LogP contribution in [0.2, 0.25) is 0 Å². The molecule has 2 rings (SSSR count). The molecule has 86 valence electrons. The maximum Gasteiger partial charge on any atom is 0.00497 e. The van der Waals surface area contributed by atoms with E-state index in [0.29, 0.717) is 0 Å². The van der Waals surface area contributed by atoms with Crippen molar-refractivity contribution in [1.29, 1.82) is 0 Å². The standard InChI is InChI=1S/C14H25N/c1-12(2)15-10-6-9-14(11-15)13-7-4-3-5-8-13/h7,12,14H,3-6,8-11H2,1-2H3. The summed E-state index contributed by atoms with van der Waals surface area (Å²) in [4.78, 5) is 2.66. The second kappa shape index (κ2) is 5.16. The van der Waals surface area contributed by atoms with Gasteiger partial charge in [0.1, 0.15) is 0 Å². The summed E-state index contributed by atoms with van der Waals surface area (Å²) < 4.78 is 0. The third kappa shape index (κ3) is 2.84. The van der Waals surface area contributed by atoms with Gasteiger partial charge in [-0.2, -0.15) is 0 Å². The third-order valence-corrected chi connectivity index (χ3v) is 4.03. The smallest absolute Gasteiger partial charge is 0.00497 e. The van der Waals surface area contributed by atoms with Gasteiger partial charge in [0.2, 0.25) is 0 Å². The molecule has 1 saturated heterocycles. The molecule has 0 aromatic carbocycles. The fraction of sp³-hybridized carbons (Fsp3) is 0.857. The van der Waals surface area contributed by atoms with Crippen LogP contribution in [0.25, 0.3) is 0 Å². The molecule has 1 unspecified atom stereocenters. The molecule has 1 aliphatic heterocycles. The van der Waals surface area contributed by atoms with Crippen molar-refractivity contribution in [2.75, 3.05) is 13.1 Å². The van der Waals surface area contributed by atoms with Crippen LogP contribution in [0.1, 0.15) is 52.4 Å². The van der Waals surface area contributed by atoms with Crippen molar-refractivity contribution in [1.82, 2.24) is 4.90 Å². The molecule has 2 aliphatic rings. The van der Waals surface area contributed by atoms with Crippen LogP contribution in [0.3, 0.4) is 0 Å². The number of likely N-dealkylation sites (tertiary alicyclic amines) is 1. The Bertz CT molecular complexity index is 229. The van der Waals surface area contributed by atoms with Gasteiger partial charge in [0.25, 0.3) is 0 Å². The maximum absolute atomic E-state index is 2.66. The third-order valence-electron chi connectivity index (χ3n) is 4.03. The Morgan fingerprint density at radius 3 is 2.80 bits per heavy atom. The summed E-state index contributed by atoms with van der Waals surface area (Å²) in [7, 11) is 0. The first kappa shape index (κ1) is 11.2. The summed E-state index contributed by atoms with van der Waals surface area (Å²) in [5.74, 6) is 0.890. The van der Waals surface area contributed by atoms with E-state index in [0.717, 1.165) is 12.0 Å². The predicted octanol–water partition coefficient (Wildman–Crippen LogP) is 3.61. The second-order valence-electron chi connectivity index (χ2n) is 5.45. The number of hydrogen-bond acceptors (Lipinski definition) is 1. The van der Waals surface area contributed by atoms with Crippen LogP contribution in [0, 0.1) is 5.92 Å². The van der Waals surface area contributed by atoms with Crippen LogP contribution in [-0.2, 0) is 0 Å². The van der Waals surface area contributed by atoms with Crippen LogP contribution >= 0.6 is 0 Å². The molecule has 1 fully saturated rings. The van der Waals surface area contributed by atoms with E-state index in [1.54, 1.807) is 5.57 Å². The van der Waals surface area contributed by atoms with Crippen molar-refractivity contribution in [2.45, 2.75) is 58.4 Å². The number of allylic oxidation sites excluding steroid dienone is 1. The van der Waals surface area contributed by atoms with Gasteiger partial charge >= 0.3 is 0 Å². The highest BCUT2D eigenvalue weighted by atomic mass is 15.2. The van der Waals surface area contributed by atoms with Crippen LogP contribution in [0.15, 0.2) is 11.6 Å². The molecular formula is C14H25N. The lowest BCUT2D eigenvalue weighted by atomic mass is 9.84. The zero-order valence-corrected chi connectivity index (χ0v) is 10.3. The van der Waals surface area contributed by atoms with Crippen molar-refractivity contribution in [3.8, 4) is 0 Å². The zero-order valence-electron chi connectivity index (χ0n) is 10.3. The molecule has 0 radical (unpaired) electrons. The fourth-order valence-electron chi connectivity index (χ4n) is 3.01. The molecular weight excluding hydrogens is 182 g/mol. The highest BCUT2D eigenvalue weighted by molar-refractivity contribution is 5.11. The van der Waals surface area contributed by atoms with Crippen LogP contribution in [0.4, 0.5) is 0 Å². The van der Waals surface area contributed by atoms with Gasteiger partial charge in [0.15, 0.2) is 0 Å². The highest BCUT2D eigenvalue weighted by Gasteiger charge is 2.24. The van der Waals surface area contributed by atoms with E-state index < -0.39 is 0 Å². The Hall–Kier alpha value is -0.300. The Labute approximate surface area is 94.5 Å². The van der Waals surface area contributed by atoms with Gasteiger partial charge in [-0.1, -0.05) is 11.6 Å². The maximum atomic E-state index is 2.66. The Morgan fingerprint density at radius 1 is 1.27 bits per heavy atom. The minimum absolute atomic E-state index is 0.733. The SMILES string of the molecule is CC(C)N1CCCC(C2=CCCCC2)C1. The van der Waals surface area contributed by atoms with Crippen molar-refractivity contribution >= 4 is 0 Å². The van der Waals surface area contributed by atoms with Gasteiger partial charge in [-0.15, -0.1) is 0 Å². The van der Waals surface area contributed by atoms with E-state index in [-0.39, 0.29) is 0 Å². The Morgan fingerprint density at radius 2 is 2.13 bits per heavy atom. The molecule has 15 heavy (non-hydrogen) atoms. The first-order valence-electron chi connectivity index (χ1n) is 6.70. The molecule has 0 bridgehead atoms. The minimum Gasteiger partial charge on any atom is -0.300 e. The highest BCUT2D eigenvalue weighted by Crippen LogP contribution is 2.31. The summed E-state index contributed by atoms with van der Waals surface area (Å²) >= 11 is 0. The van der Waals surface area contributed by atoms with Crippen molar-refractivity contribution in [2.24, 2.45) is 5.92 Å². The molecule has 0 aromatic heterocycles. The lowest BCUT2D eigenvalue weighted by molar-refractivity contribution is 0.151. The molecule has 1 heteroatoms. The average molecular weight is 207 g/mol. The Balaban J connectivity index is 1.94. The quantitative estimate of drug-likeness (QED) is 0.625. The fourth-order valence-corrected chi connectivity index (χ4v) is 3.01. The predicted molar refractivity (Wildman–Crippen MR) is 66.0 cm³/mol. The molecule has 1 aliphatic carbocycles. The van der Waals surface area contributed by atoms with E-state index in [9.17, 15) is 0 Å². The first-order chi connectivity index (χ1) is 7.27. The average Bonchev–Trinajstić information content (AvgIpc) is 2.30. The molecule has 0 amide bonds. The molecule has 1 nitrogen and oxygen atoms in total. The van der Waals surface area contributed by atoms with Crippen LogP contribution in [-0.4, -0.2) is 24.0 Å². The number of rotatable bonds is 2. The number of piperidine rings is 1. The second-order valence-corrected chi connectivity index (χ2v) is 5.45. The van der Waals surface area contributed by atoms with E-state index >= 15 is 0 Å². The summed E-state index contributed by atoms with van der Waals surface area (Å²) in [6, 6.07) is 0.733. The molecule has 0 N–H and O–H groups in total. The normalized spacial score (nSPS) is 29.3. The van der Waals surface area contributed by atoms with Crippen LogP contribution in [0.5, 0.6) is 0 Å². The van der Waals surface area contributed by atoms with E-state index in [1.165, 1.54) is 51.6 Å². The van der Waals surface area contributed by atoms with E-state index in [4.69, 9.17) is 0 Å². The van der Waals surface area contributed by atoms with Crippen molar-refractivity contribution < 1.29 is 0 Å². The number of hydrogen-bond donors (Lipinski definition) is 0. The first-order valence-corrected chi connectivity index (χ1v) is 6.70. The largest absolute Gasteiger partial charge is 0.300 e. The van der Waals surface area contributed by atoms with Crippen molar-refractivity contribution in [3.63, 3.8) is 0 Å². The van der Waals surface area contributed by atoms with E-state index in [1.807, 2.05) is 0 Å². The van der Waals surface area contributed by atoms with E-state index in [2.05, 4.69) is 24.8 Å². The summed E-state index contributed by atoms with van der Waals surface area (Å²) in [6.45, 7) is 7.31. The van der Waals surface area contributed by atoms with Gasteiger partial charge in [0, 0.05) is 12.6 Å². The van der Waals surface area contributed by atoms with Gasteiger partial charge in [-0.25, -0.2) is 0 Å². The van der Waals surface area contributed by atoms with Crippen LogP contribution < -0.4 is 0 Å². The monoisotopic (exact) mass is 207 g/mol. The number of nitrogens with zero attached hydrogens (tertiary/aromatic N) is 1. The Kier molecular flexibility index (Phi) is 3.85. The van der Waals surface area contributed by atoms with Gasteiger partial charge in [0.05, 0.1) is 0 Å². The summed E-state index contributed by atoms with van der Waals surface area (Å²) in [5, 5.41) is 0. The lowest BCUT2D eigenvalue weighted by Crippen LogP contribution is -2.40. The van der Waals surface area contributed by atoms with Gasteiger partial charge in [-0.3, -0.25) is 0 Å². The molecule has 0 aromatic rings. The molecule has 1 heterocycles. The summed E-state index contributed by atoms with van der Waals surface area (Å²) in [6.07, 6.45) is 11.0. The van der Waals surface area contributed by atoms with Gasteiger partial charge in [-0.05, 0) is 64.8 Å². The summed E-state index contributed by atoms with van der Waals surface area (Å²) in [5.41, 5.74) is 1.78. The molecule has 1 atom stereocenters. The minimum atomic E-state index is 0.733. The van der Waals surface area contributed by atoms with Gasteiger partial charge < -0.3 is 4.90 Å². The van der Waals surface area contributed by atoms with Crippen molar-refractivity contribution in [3.05, 3.63) is 11.6 Å². The molecule has 0 spiro atoms. The zero-order chi connectivity index (χ0) is 10.7. The lowest BCUT2D eigenvalue weighted by Gasteiger charge is -2.37.